The summed E-state index contributed by atoms with van der Waals surface area (Å²) in [6.07, 6.45) is 10.8. The van der Waals surface area contributed by atoms with Crippen molar-refractivity contribution < 1.29 is 0 Å². The fourth-order valence-corrected chi connectivity index (χ4v) is 2.47. The maximum Gasteiger partial charge on any atom is 0.224 e. The third-order valence-corrected chi connectivity index (χ3v) is 3.85. The number of nitrogens with zero attached hydrogens (tertiary/aromatic N) is 2. The highest BCUT2D eigenvalue weighted by molar-refractivity contribution is 5.40. The largest absolute Gasteiger partial charge is 0.367 e. The van der Waals surface area contributed by atoms with Gasteiger partial charge in [-0.25, -0.2) is 4.98 Å². The minimum Gasteiger partial charge on any atom is -0.367 e. The van der Waals surface area contributed by atoms with Crippen molar-refractivity contribution >= 4 is 11.8 Å². The predicted molar refractivity (Wildman–Crippen MR) is 80.5 cm³/mol. The fourth-order valence-electron chi connectivity index (χ4n) is 2.47. The summed E-state index contributed by atoms with van der Waals surface area (Å²) in [6, 6.07) is 2.92. The van der Waals surface area contributed by atoms with Gasteiger partial charge in [0.1, 0.15) is 5.82 Å². The van der Waals surface area contributed by atoms with Crippen LogP contribution in [0, 0.1) is 0 Å². The standard InChI is InChI=1S/C15H26N4/c1-3-12(2)17-14-10-11-16-15(19-14)18-13-8-6-4-5-7-9-13/h10-13H,3-9H2,1-2H3,(H2,16,17,18,19). The summed E-state index contributed by atoms with van der Waals surface area (Å²) in [6.45, 7) is 4.34. The molecule has 2 rings (SSSR count). The van der Waals surface area contributed by atoms with Crippen molar-refractivity contribution in [3.8, 4) is 0 Å². The topological polar surface area (TPSA) is 49.8 Å². The minimum absolute atomic E-state index is 0.445. The first-order chi connectivity index (χ1) is 9.28. The zero-order valence-corrected chi connectivity index (χ0v) is 12.2. The first-order valence-corrected chi connectivity index (χ1v) is 7.64. The first kappa shape index (κ1) is 14.1. The van der Waals surface area contributed by atoms with Gasteiger partial charge in [-0.1, -0.05) is 32.6 Å². The number of hydrogen-bond acceptors (Lipinski definition) is 4. The average molecular weight is 262 g/mol. The highest BCUT2D eigenvalue weighted by Crippen LogP contribution is 2.20. The van der Waals surface area contributed by atoms with Crippen LogP contribution in [0.2, 0.25) is 0 Å². The molecule has 1 aliphatic rings. The smallest absolute Gasteiger partial charge is 0.224 e. The Morgan fingerprint density at radius 3 is 2.68 bits per heavy atom. The SMILES string of the molecule is CCC(C)Nc1ccnc(NC2CCCCCC2)n1. The molecule has 1 aromatic rings. The van der Waals surface area contributed by atoms with E-state index in [-0.39, 0.29) is 0 Å². The van der Waals surface area contributed by atoms with Gasteiger partial charge in [0, 0.05) is 18.3 Å². The number of rotatable bonds is 5. The molecule has 1 fully saturated rings. The highest BCUT2D eigenvalue weighted by Gasteiger charge is 2.13. The molecule has 1 saturated carbocycles. The summed E-state index contributed by atoms with van der Waals surface area (Å²) >= 11 is 0. The third kappa shape index (κ3) is 4.69. The van der Waals surface area contributed by atoms with E-state index in [1.54, 1.807) is 0 Å². The molecule has 1 heterocycles. The van der Waals surface area contributed by atoms with E-state index in [9.17, 15) is 0 Å². The number of nitrogens with one attached hydrogen (secondary N) is 2. The van der Waals surface area contributed by atoms with E-state index in [1.807, 2.05) is 12.3 Å². The lowest BCUT2D eigenvalue weighted by atomic mass is 10.1. The van der Waals surface area contributed by atoms with Gasteiger partial charge in [-0.3, -0.25) is 0 Å². The second kappa shape index (κ2) is 7.31. The van der Waals surface area contributed by atoms with Crippen molar-refractivity contribution in [3.63, 3.8) is 0 Å². The molecular formula is C15H26N4. The molecule has 0 bridgehead atoms. The molecule has 106 valence electrons. The van der Waals surface area contributed by atoms with Crippen LogP contribution in [0.4, 0.5) is 11.8 Å². The van der Waals surface area contributed by atoms with Gasteiger partial charge >= 0.3 is 0 Å². The van der Waals surface area contributed by atoms with Crippen molar-refractivity contribution in [3.05, 3.63) is 12.3 Å². The van der Waals surface area contributed by atoms with Crippen LogP contribution in [0.1, 0.15) is 58.8 Å². The Morgan fingerprint density at radius 1 is 1.26 bits per heavy atom. The van der Waals surface area contributed by atoms with Gasteiger partial charge < -0.3 is 10.6 Å². The molecule has 2 N–H and O–H groups in total. The van der Waals surface area contributed by atoms with Crippen LogP contribution in [0.15, 0.2) is 12.3 Å². The molecule has 0 spiro atoms. The average Bonchev–Trinajstić information content (AvgIpc) is 2.67. The zero-order valence-electron chi connectivity index (χ0n) is 12.2. The van der Waals surface area contributed by atoms with Gasteiger partial charge in [0.25, 0.3) is 0 Å². The number of anilines is 2. The van der Waals surface area contributed by atoms with E-state index in [1.165, 1.54) is 38.5 Å². The summed E-state index contributed by atoms with van der Waals surface area (Å²) in [5.41, 5.74) is 0. The van der Waals surface area contributed by atoms with E-state index in [4.69, 9.17) is 0 Å². The summed E-state index contributed by atoms with van der Waals surface area (Å²) in [5, 5.41) is 6.88. The Kier molecular flexibility index (Phi) is 5.43. The molecule has 1 aromatic heterocycles. The lowest BCUT2D eigenvalue weighted by molar-refractivity contribution is 0.614. The lowest BCUT2D eigenvalue weighted by Gasteiger charge is -2.17. The Bertz CT molecular complexity index is 372. The Hall–Kier alpha value is -1.32. The summed E-state index contributed by atoms with van der Waals surface area (Å²) in [4.78, 5) is 8.89. The van der Waals surface area contributed by atoms with Crippen molar-refractivity contribution in [2.24, 2.45) is 0 Å². The van der Waals surface area contributed by atoms with Crippen LogP contribution >= 0.6 is 0 Å². The number of hydrogen-bond donors (Lipinski definition) is 2. The van der Waals surface area contributed by atoms with Crippen LogP contribution in [0.3, 0.4) is 0 Å². The van der Waals surface area contributed by atoms with Crippen molar-refractivity contribution in [2.75, 3.05) is 10.6 Å². The van der Waals surface area contributed by atoms with E-state index < -0.39 is 0 Å². The Balaban J connectivity index is 1.93. The van der Waals surface area contributed by atoms with Crippen LogP contribution in [0.5, 0.6) is 0 Å². The normalized spacial score (nSPS) is 18.6. The molecule has 4 nitrogen and oxygen atoms in total. The molecular weight excluding hydrogens is 236 g/mol. The monoisotopic (exact) mass is 262 g/mol. The van der Waals surface area contributed by atoms with Crippen molar-refractivity contribution in [1.82, 2.24) is 9.97 Å². The van der Waals surface area contributed by atoms with E-state index in [0.717, 1.165) is 18.2 Å². The number of aromatic nitrogens is 2. The van der Waals surface area contributed by atoms with Gasteiger partial charge in [0.05, 0.1) is 0 Å². The van der Waals surface area contributed by atoms with Crippen LogP contribution in [-0.2, 0) is 0 Å². The van der Waals surface area contributed by atoms with Crippen LogP contribution in [0.25, 0.3) is 0 Å². The predicted octanol–water partition coefficient (Wildman–Crippen LogP) is 3.82. The van der Waals surface area contributed by atoms with E-state index >= 15 is 0 Å². The van der Waals surface area contributed by atoms with Crippen LogP contribution < -0.4 is 10.6 Å². The lowest BCUT2D eigenvalue weighted by Crippen LogP contribution is -2.21. The summed E-state index contributed by atoms with van der Waals surface area (Å²) in [7, 11) is 0. The molecule has 19 heavy (non-hydrogen) atoms. The van der Waals surface area contributed by atoms with Crippen molar-refractivity contribution in [1.29, 1.82) is 0 Å². The molecule has 0 aliphatic heterocycles. The first-order valence-electron chi connectivity index (χ1n) is 7.64. The zero-order chi connectivity index (χ0) is 13.5. The van der Waals surface area contributed by atoms with E-state index in [0.29, 0.717) is 12.1 Å². The van der Waals surface area contributed by atoms with Gasteiger partial charge in [-0.05, 0) is 32.3 Å². The van der Waals surface area contributed by atoms with Gasteiger partial charge in [0.2, 0.25) is 5.95 Å². The summed E-state index contributed by atoms with van der Waals surface area (Å²) in [5.74, 6) is 1.68. The van der Waals surface area contributed by atoms with Gasteiger partial charge in [-0.15, -0.1) is 0 Å². The molecule has 0 amide bonds. The third-order valence-electron chi connectivity index (χ3n) is 3.85. The van der Waals surface area contributed by atoms with Gasteiger partial charge in [0.15, 0.2) is 0 Å². The Morgan fingerprint density at radius 2 is 2.00 bits per heavy atom. The summed E-state index contributed by atoms with van der Waals surface area (Å²) < 4.78 is 0. The maximum absolute atomic E-state index is 4.55. The molecule has 0 aromatic carbocycles. The Labute approximate surface area is 116 Å². The molecule has 4 heteroatoms. The van der Waals surface area contributed by atoms with Crippen molar-refractivity contribution in [2.45, 2.75) is 70.9 Å². The quantitative estimate of drug-likeness (QED) is 0.792. The molecule has 0 saturated heterocycles. The second-order valence-electron chi connectivity index (χ2n) is 5.55. The fraction of sp³-hybridized carbons (Fsp3) is 0.733. The molecule has 1 atom stereocenters. The molecule has 1 aliphatic carbocycles. The second-order valence-corrected chi connectivity index (χ2v) is 5.55. The molecule has 0 radical (unpaired) electrons. The van der Waals surface area contributed by atoms with Gasteiger partial charge in [-0.2, -0.15) is 4.98 Å². The maximum atomic E-state index is 4.55. The minimum atomic E-state index is 0.445. The van der Waals surface area contributed by atoms with Crippen LogP contribution in [-0.4, -0.2) is 22.1 Å². The highest BCUT2D eigenvalue weighted by atomic mass is 15.2. The van der Waals surface area contributed by atoms with E-state index in [2.05, 4.69) is 34.4 Å². The molecule has 1 unspecified atom stereocenters.